The standard InChI is InChI=1S/C12H10FN3O3S/c1-2-19-12(18)11-15-8(6-20-11)10(17)16-9-4-3-7(13)5-14-9/h3-6H,2H2,1H3,(H,14,16,17). The Morgan fingerprint density at radius 2 is 2.25 bits per heavy atom. The summed E-state index contributed by atoms with van der Waals surface area (Å²) < 4.78 is 17.5. The lowest BCUT2D eigenvalue weighted by atomic mass is 10.4. The summed E-state index contributed by atoms with van der Waals surface area (Å²) in [5.74, 6) is -1.41. The maximum Gasteiger partial charge on any atom is 0.367 e. The van der Waals surface area contributed by atoms with Crippen LogP contribution in [0, 0.1) is 5.82 Å². The second-order valence-electron chi connectivity index (χ2n) is 3.57. The van der Waals surface area contributed by atoms with Gasteiger partial charge in [0.25, 0.3) is 5.91 Å². The van der Waals surface area contributed by atoms with Crippen molar-refractivity contribution in [3.63, 3.8) is 0 Å². The van der Waals surface area contributed by atoms with E-state index in [2.05, 4.69) is 15.3 Å². The smallest absolute Gasteiger partial charge is 0.367 e. The van der Waals surface area contributed by atoms with E-state index in [4.69, 9.17) is 4.74 Å². The Labute approximate surface area is 117 Å². The average Bonchev–Trinajstić information content (AvgIpc) is 2.91. The number of nitrogens with zero attached hydrogens (tertiary/aromatic N) is 2. The van der Waals surface area contributed by atoms with Crippen LogP contribution in [0.3, 0.4) is 0 Å². The molecular formula is C12H10FN3O3S. The molecule has 0 radical (unpaired) electrons. The molecule has 1 amide bonds. The lowest BCUT2D eigenvalue weighted by Crippen LogP contribution is -2.14. The van der Waals surface area contributed by atoms with E-state index in [0.717, 1.165) is 17.5 Å². The van der Waals surface area contributed by atoms with Crippen LogP contribution in [0.4, 0.5) is 10.2 Å². The second-order valence-corrected chi connectivity index (χ2v) is 4.43. The molecule has 0 aliphatic heterocycles. The van der Waals surface area contributed by atoms with E-state index in [1.807, 2.05) is 0 Å². The van der Waals surface area contributed by atoms with Gasteiger partial charge in [0.1, 0.15) is 17.3 Å². The van der Waals surface area contributed by atoms with Crippen LogP contribution in [-0.2, 0) is 4.74 Å². The third kappa shape index (κ3) is 3.35. The summed E-state index contributed by atoms with van der Waals surface area (Å²) in [7, 11) is 0. The summed E-state index contributed by atoms with van der Waals surface area (Å²) in [5.41, 5.74) is 0.0733. The molecule has 2 aromatic rings. The number of aromatic nitrogens is 2. The number of hydrogen-bond acceptors (Lipinski definition) is 6. The molecule has 6 nitrogen and oxygen atoms in total. The van der Waals surface area contributed by atoms with Gasteiger partial charge in [-0.1, -0.05) is 0 Å². The number of hydrogen-bond donors (Lipinski definition) is 1. The van der Waals surface area contributed by atoms with Crippen molar-refractivity contribution in [2.75, 3.05) is 11.9 Å². The normalized spacial score (nSPS) is 10.1. The largest absolute Gasteiger partial charge is 0.461 e. The molecule has 0 unspecified atom stereocenters. The number of carbonyl (C=O) groups excluding carboxylic acids is 2. The zero-order valence-electron chi connectivity index (χ0n) is 10.4. The van der Waals surface area contributed by atoms with Gasteiger partial charge in [-0.15, -0.1) is 11.3 Å². The Bertz CT molecular complexity index is 627. The zero-order chi connectivity index (χ0) is 14.5. The topological polar surface area (TPSA) is 81.2 Å². The molecule has 0 aliphatic rings. The Morgan fingerprint density at radius 3 is 2.90 bits per heavy atom. The first-order valence-electron chi connectivity index (χ1n) is 5.65. The van der Waals surface area contributed by atoms with Gasteiger partial charge >= 0.3 is 5.97 Å². The van der Waals surface area contributed by atoms with Gasteiger partial charge in [-0.25, -0.2) is 19.2 Å². The molecule has 2 rings (SSSR count). The van der Waals surface area contributed by atoms with Gasteiger partial charge in [-0.2, -0.15) is 0 Å². The molecule has 0 aliphatic carbocycles. The van der Waals surface area contributed by atoms with Crippen LogP contribution in [0.2, 0.25) is 0 Å². The molecule has 0 bridgehead atoms. The molecule has 104 valence electrons. The number of ether oxygens (including phenoxy) is 1. The molecule has 0 fully saturated rings. The molecule has 0 aromatic carbocycles. The predicted molar refractivity (Wildman–Crippen MR) is 70.2 cm³/mol. The monoisotopic (exact) mass is 295 g/mol. The van der Waals surface area contributed by atoms with Crippen molar-refractivity contribution in [2.24, 2.45) is 0 Å². The quantitative estimate of drug-likeness (QED) is 0.874. The minimum Gasteiger partial charge on any atom is -0.461 e. The van der Waals surface area contributed by atoms with Crippen LogP contribution < -0.4 is 5.32 Å². The summed E-state index contributed by atoms with van der Waals surface area (Å²) in [6, 6.07) is 2.50. The summed E-state index contributed by atoms with van der Waals surface area (Å²) >= 11 is 1.01. The Morgan fingerprint density at radius 1 is 1.45 bits per heavy atom. The first-order chi connectivity index (χ1) is 9.60. The van der Waals surface area contributed by atoms with Crippen LogP contribution in [0.1, 0.15) is 27.2 Å². The van der Waals surface area contributed by atoms with E-state index in [1.165, 1.54) is 17.5 Å². The molecule has 0 saturated heterocycles. The van der Waals surface area contributed by atoms with E-state index >= 15 is 0 Å². The number of pyridine rings is 1. The Kier molecular flexibility index (Phi) is 4.36. The van der Waals surface area contributed by atoms with Crippen LogP contribution in [0.25, 0.3) is 0 Å². The van der Waals surface area contributed by atoms with E-state index in [-0.39, 0.29) is 23.1 Å². The van der Waals surface area contributed by atoms with E-state index in [1.54, 1.807) is 6.92 Å². The minimum absolute atomic E-state index is 0.0733. The molecule has 2 aromatic heterocycles. The third-order valence-corrected chi connectivity index (χ3v) is 2.98. The number of anilines is 1. The van der Waals surface area contributed by atoms with Gasteiger partial charge in [0.15, 0.2) is 0 Å². The highest BCUT2D eigenvalue weighted by atomic mass is 32.1. The van der Waals surface area contributed by atoms with Gasteiger partial charge in [0, 0.05) is 5.38 Å². The number of amides is 1. The van der Waals surface area contributed by atoms with Gasteiger partial charge in [-0.05, 0) is 19.1 Å². The average molecular weight is 295 g/mol. The third-order valence-electron chi connectivity index (χ3n) is 2.16. The van der Waals surface area contributed by atoms with Crippen LogP contribution >= 0.6 is 11.3 Å². The van der Waals surface area contributed by atoms with Crippen molar-refractivity contribution in [1.29, 1.82) is 0 Å². The Balaban J connectivity index is 2.06. The Hall–Kier alpha value is -2.35. The number of carbonyl (C=O) groups is 2. The highest BCUT2D eigenvalue weighted by molar-refractivity contribution is 7.11. The molecule has 0 saturated carbocycles. The van der Waals surface area contributed by atoms with Gasteiger partial charge in [0.05, 0.1) is 12.8 Å². The van der Waals surface area contributed by atoms with Gasteiger partial charge in [-0.3, -0.25) is 4.79 Å². The molecule has 0 spiro atoms. The van der Waals surface area contributed by atoms with Crippen LogP contribution in [0.15, 0.2) is 23.7 Å². The highest BCUT2D eigenvalue weighted by Gasteiger charge is 2.16. The van der Waals surface area contributed by atoms with Crippen molar-refractivity contribution in [2.45, 2.75) is 6.92 Å². The number of nitrogens with one attached hydrogen (secondary N) is 1. The number of halogens is 1. The fourth-order valence-electron chi connectivity index (χ4n) is 1.29. The second kappa shape index (κ2) is 6.20. The van der Waals surface area contributed by atoms with Gasteiger partial charge < -0.3 is 10.1 Å². The SMILES string of the molecule is CCOC(=O)c1nc(C(=O)Nc2ccc(F)cn2)cs1. The van der Waals surface area contributed by atoms with E-state index in [0.29, 0.717) is 0 Å². The first kappa shape index (κ1) is 14.1. The number of esters is 1. The molecule has 1 N–H and O–H groups in total. The first-order valence-corrected chi connectivity index (χ1v) is 6.53. The fourth-order valence-corrected chi connectivity index (χ4v) is 1.98. The fraction of sp³-hybridized carbons (Fsp3) is 0.167. The summed E-state index contributed by atoms with van der Waals surface area (Å²) in [5, 5.41) is 3.98. The van der Waals surface area contributed by atoms with Crippen LogP contribution in [-0.4, -0.2) is 28.5 Å². The zero-order valence-corrected chi connectivity index (χ0v) is 11.2. The van der Waals surface area contributed by atoms with Crippen molar-refractivity contribution in [1.82, 2.24) is 9.97 Å². The maximum atomic E-state index is 12.7. The lowest BCUT2D eigenvalue weighted by Gasteiger charge is -2.01. The van der Waals surface area contributed by atoms with Crippen molar-refractivity contribution < 1.29 is 18.7 Å². The summed E-state index contributed by atoms with van der Waals surface area (Å²) in [6.07, 6.45) is 0.987. The number of rotatable bonds is 4. The van der Waals surface area contributed by atoms with Gasteiger partial charge in [0.2, 0.25) is 5.01 Å². The summed E-state index contributed by atoms with van der Waals surface area (Å²) in [6.45, 7) is 1.92. The number of thiazole rings is 1. The van der Waals surface area contributed by atoms with Crippen molar-refractivity contribution in [3.8, 4) is 0 Å². The van der Waals surface area contributed by atoms with Crippen molar-refractivity contribution >= 4 is 29.0 Å². The summed E-state index contributed by atoms with van der Waals surface area (Å²) in [4.78, 5) is 30.8. The lowest BCUT2D eigenvalue weighted by molar-refractivity contribution is 0.0526. The molecule has 0 atom stereocenters. The molecule has 2 heterocycles. The molecule has 8 heteroatoms. The van der Waals surface area contributed by atoms with E-state index < -0.39 is 17.7 Å². The van der Waals surface area contributed by atoms with E-state index in [9.17, 15) is 14.0 Å². The van der Waals surface area contributed by atoms with Crippen LogP contribution in [0.5, 0.6) is 0 Å². The predicted octanol–water partition coefficient (Wildman–Crippen LogP) is 2.11. The molecule has 20 heavy (non-hydrogen) atoms. The highest BCUT2D eigenvalue weighted by Crippen LogP contribution is 2.13. The minimum atomic E-state index is -0.573. The molecular weight excluding hydrogens is 285 g/mol. The maximum absolute atomic E-state index is 12.7. The van der Waals surface area contributed by atoms with Crippen molar-refractivity contribution in [3.05, 3.63) is 40.2 Å².